The second-order valence-electron chi connectivity index (χ2n) is 8.99. The number of halogens is 2. The van der Waals surface area contributed by atoms with Crippen molar-refractivity contribution in [1.82, 2.24) is 19.9 Å². The number of benzene rings is 3. The quantitative estimate of drug-likeness (QED) is 0.286. The molecule has 3 heterocycles. The standard InChI is InChI=1S/C29H24Cl2N4O/c1-35-18-32-16-27(35)29(34-12-10-30)22-6-5-20-9-11-33-28(24(20)14-22)21-4-2-3-19(13-21)17-36-26-15-23(29)7-8-25(26)31/h2-9,11,13-16,18,34H,10,12,17H2,1H3. The van der Waals surface area contributed by atoms with Gasteiger partial charge in [0.15, 0.2) is 0 Å². The van der Waals surface area contributed by atoms with Gasteiger partial charge in [0.25, 0.3) is 0 Å². The van der Waals surface area contributed by atoms with E-state index in [9.17, 15) is 0 Å². The molecule has 6 bridgehead atoms. The summed E-state index contributed by atoms with van der Waals surface area (Å²) in [4.78, 5) is 9.27. The Balaban J connectivity index is 1.74. The highest BCUT2D eigenvalue weighted by molar-refractivity contribution is 6.32. The van der Waals surface area contributed by atoms with Gasteiger partial charge in [-0.3, -0.25) is 10.3 Å². The van der Waals surface area contributed by atoms with Crippen LogP contribution >= 0.6 is 23.2 Å². The average molecular weight is 515 g/mol. The van der Waals surface area contributed by atoms with E-state index in [1.165, 1.54) is 0 Å². The Kier molecular flexibility index (Phi) is 5.92. The van der Waals surface area contributed by atoms with Crippen molar-refractivity contribution in [3.05, 3.63) is 113 Å². The molecule has 6 rings (SSSR count). The number of alkyl halides is 1. The van der Waals surface area contributed by atoms with Gasteiger partial charge in [0, 0.05) is 36.6 Å². The van der Waals surface area contributed by atoms with Crippen molar-refractivity contribution >= 4 is 34.0 Å². The normalized spacial score (nSPS) is 16.8. The number of hydrogen-bond donors (Lipinski definition) is 1. The van der Waals surface area contributed by atoms with Crippen molar-refractivity contribution in [1.29, 1.82) is 0 Å². The molecule has 0 saturated heterocycles. The van der Waals surface area contributed by atoms with Crippen LogP contribution in [0.3, 0.4) is 0 Å². The molecule has 1 atom stereocenters. The SMILES string of the molecule is Cn1cncc1C1(NCCCl)c2ccc(Cl)c(c2)OCc2cccc(c2)-c2nccc3ccc1cc23. The summed E-state index contributed by atoms with van der Waals surface area (Å²) in [5, 5.41) is 6.51. The van der Waals surface area contributed by atoms with E-state index in [1.807, 2.05) is 60.7 Å². The first-order chi connectivity index (χ1) is 17.6. The number of rotatable bonds is 4. The molecule has 1 unspecified atom stereocenters. The summed E-state index contributed by atoms with van der Waals surface area (Å²) < 4.78 is 8.31. The predicted molar refractivity (Wildman–Crippen MR) is 145 cm³/mol. The lowest BCUT2D eigenvalue weighted by Gasteiger charge is -2.37. The number of nitrogens with one attached hydrogen (secondary N) is 1. The van der Waals surface area contributed by atoms with E-state index in [-0.39, 0.29) is 0 Å². The first-order valence-electron chi connectivity index (χ1n) is 11.8. The summed E-state index contributed by atoms with van der Waals surface area (Å²) in [6.07, 6.45) is 5.57. The Morgan fingerprint density at radius 1 is 1.06 bits per heavy atom. The number of pyridine rings is 1. The van der Waals surface area contributed by atoms with Crippen LogP contribution < -0.4 is 10.1 Å². The molecule has 5 nitrogen and oxygen atoms in total. The smallest absolute Gasteiger partial charge is 0.138 e. The summed E-state index contributed by atoms with van der Waals surface area (Å²) in [5.41, 5.74) is 5.24. The molecule has 1 N–H and O–H groups in total. The van der Waals surface area contributed by atoms with Gasteiger partial charge in [0.05, 0.1) is 28.9 Å². The Morgan fingerprint density at radius 3 is 2.75 bits per heavy atom. The molecule has 5 aromatic rings. The van der Waals surface area contributed by atoms with E-state index in [1.54, 1.807) is 0 Å². The van der Waals surface area contributed by atoms with Gasteiger partial charge >= 0.3 is 0 Å². The van der Waals surface area contributed by atoms with Crippen molar-refractivity contribution in [3.63, 3.8) is 0 Å². The number of nitrogens with zero attached hydrogens (tertiary/aromatic N) is 3. The Morgan fingerprint density at radius 2 is 1.92 bits per heavy atom. The third-order valence-electron chi connectivity index (χ3n) is 6.84. The Labute approximate surface area is 219 Å². The zero-order valence-corrected chi connectivity index (χ0v) is 21.2. The van der Waals surface area contributed by atoms with Gasteiger partial charge < -0.3 is 9.30 Å². The second-order valence-corrected chi connectivity index (χ2v) is 9.77. The van der Waals surface area contributed by atoms with Crippen molar-refractivity contribution < 1.29 is 4.74 Å². The van der Waals surface area contributed by atoms with Crippen molar-refractivity contribution in [3.8, 4) is 17.0 Å². The van der Waals surface area contributed by atoms with E-state index >= 15 is 0 Å². The molecule has 3 aromatic carbocycles. The summed E-state index contributed by atoms with van der Waals surface area (Å²) >= 11 is 12.9. The van der Waals surface area contributed by atoms with Gasteiger partial charge in [-0.2, -0.15) is 0 Å². The molecule has 0 spiro atoms. The average Bonchev–Trinajstić information content (AvgIpc) is 3.34. The van der Waals surface area contributed by atoms with Crippen LogP contribution in [-0.4, -0.2) is 27.0 Å². The van der Waals surface area contributed by atoms with E-state index in [4.69, 9.17) is 32.9 Å². The highest BCUT2D eigenvalue weighted by Crippen LogP contribution is 2.42. The van der Waals surface area contributed by atoms with Crippen LogP contribution in [0.25, 0.3) is 22.0 Å². The molecule has 0 amide bonds. The number of aromatic nitrogens is 3. The number of fused-ring (bicyclic) bond motifs is 6. The van der Waals surface area contributed by atoms with Crippen LogP contribution in [-0.2, 0) is 19.2 Å². The maximum atomic E-state index is 6.62. The number of hydrogen-bond acceptors (Lipinski definition) is 4. The molecule has 180 valence electrons. The monoisotopic (exact) mass is 514 g/mol. The summed E-state index contributed by atoms with van der Waals surface area (Å²) in [6, 6.07) is 22.9. The topological polar surface area (TPSA) is 52.0 Å². The van der Waals surface area contributed by atoms with Crippen LogP contribution in [0.5, 0.6) is 5.75 Å². The van der Waals surface area contributed by atoms with Crippen LogP contribution in [0.2, 0.25) is 5.02 Å². The van der Waals surface area contributed by atoms with Crippen LogP contribution in [0, 0.1) is 0 Å². The Bertz CT molecular complexity index is 1580. The zero-order chi connectivity index (χ0) is 24.7. The molecule has 36 heavy (non-hydrogen) atoms. The third-order valence-corrected chi connectivity index (χ3v) is 7.34. The molecule has 1 aliphatic heterocycles. The highest BCUT2D eigenvalue weighted by atomic mass is 35.5. The van der Waals surface area contributed by atoms with Gasteiger partial charge in [-0.15, -0.1) is 11.6 Å². The van der Waals surface area contributed by atoms with Crippen molar-refractivity contribution in [2.75, 3.05) is 12.4 Å². The van der Waals surface area contributed by atoms with Gasteiger partial charge in [0.2, 0.25) is 0 Å². The van der Waals surface area contributed by atoms with Gasteiger partial charge in [-0.1, -0.05) is 48.0 Å². The number of aryl methyl sites for hydroxylation is 1. The minimum absolute atomic E-state index is 0.387. The van der Waals surface area contributed by atoms with Crippen LogP contribution in [0.15, 0.2) is 85.5 Å². The largest absolute Gasteiger partial charge is 0.487 e. The van der Waals surface area contributed by atoms with Crippen molar-refractivity contribution in [2.24, 2.45) is 7.05 Å². The van der Waals surface area contributed by atoms with Gasteiger partial charge in [0.1, 0.15) is 17.9 Å². The summed E-state index contributed by atoms with van der Waals surface area (Å²) in [6.45, 7) is 0.961. The molecule has 2 aromatic heterocycles. The first kappa shape index (κ1) is 23.0. The van der Waals surface area contributed by atoms with E-state index in [0.717, 1.165) is 44.4 Å². The van der Waals surface area contributed by atoms with Gasteiger partial charge in [-0.05, 0) is 52.4 Å². The van der Waals surface area contributed by atoms with E-state index in [0.29, 0.717) is 29.8 Å². The van der Waals surface area contributed by atoms with E-state index < -0.39 is 5.54 Å². The van der Waals surface area contributed by atoms with E-state index in [2.05, 4.69) is 46.7 Å². The van der Waals surface area contributed by atoms with Crippen LogP contribution in [0.4, 0.5) is 0 Å². The molecule has 0 radical (unpaired) electrons. The number of imidazole rings is 1. The minimum Gasteiger partial charge on any atom is -0.487 e. The molecule has 0 aliphatic carbocycles. The molecular weight excluding hydrogens is 491 g/mol. The highest BCUT2D eigenvalue weighted by Gasteiger charge is 2.39. The lowest BCUT2D eigenvalue weighted by Crippen LogP contribution is -2.46. The Hall–Kier alpha value is -3.38. The molecule has 0 fully saturated rings. The van der Waals surface area contributed by atoms with Crippen LogP contribution in [0.1, 0.15) is 22.4 Å². The fourth-order valence-corrected chi connectivity index (χ4v) is 5.43. The summed E-state index contributed by atoms with van der Waals surface area (Å²) in [7, 11) is 2.00. The maximum Gasteiger partial charge on any atom is 0.138 e. The lowest BCUT2D eigenvalue weighted by atomic mass is 9.79. The minimum atomic E-state index is -0.767. The lowest BCUT2D eigenvalue weighted by molar-refractivity contribution is 0.305. The number of ether oxygens (including phenoxy) is 1. The molecule has 7 heteroatoms. The summed E-state index contributed by atoms with van der Waals surface area (Å²) in [5.74, 6) is 1.07. The van der Waals surface area contributed by atoms with Gasteiger partial charge in [-0.25, -0.2) is 4.98 Å². The molecular formula is C29H24Cl2N4O. The fraction of sp³-hybridized carbons (Fsp3) is 0.172. The maximum absolute atomic E-state index is 6.62. The zero-order valence-electron chi connectivity index (χ0n) is 19.7. The molecule has 1 aliphatic rings. The second kappa shape index (κ2) is 9.25. The predicted octanol–water partition coefficient (Wildman–Crippen LogP) is 6.30. The first-order valence-corrected chi connectivity index (χ1v) is 12.7. The van der Waals surface area contributed by atoms with Crippen molar-refractivity contribution in [2.45, 2.75) is 12.1 Å². The third kappa shape index (κ3) is 3.75. The molecule has 0 saturated carbocycles. The fourth-order valence-electron chi connectivity index (χ4n) is 5.16.